The number of hydrogen-bond donors (Lipinski definition) is 3. The summed E-state index contributed by atoms with van der Waals surface area (Å²) < 4.78 is 27.0. The maximum Gasteiger partial charge on any atom is 0.213 e. The monoisotopic (exact) mass is 395 g/mol. The van der Waals surface area contributed by atoms with Crippen LogP contribution in [0.4, 0.5) is 0 Å². The van der Waals surface area contributed by atoms with Crippen LogP contribution in [0.2, 0.25) is 0 Å². The van der Waals surface area contributed by atoms with Gasteiger partial charge < -0.3 is 10.6 Å². The van der Waals surface area contributed by atoms with Crippen LogP contribution in [0.25, 0.3) is 0 Å². The molecular formula is C19H33N5O2S. The fourth-order valence-electron chi connectivity index (χ4n) is 3.22. The van der Waals surface area contributed by atoms with Crippen molar-refractivity contribution in [3.63, 3.8) is 0 Å². The number of nitrogens with one attached hydrogen (secondary N) is 3. The molecule has 0 radical (unpaired) electrons. The van der Waals surface area contributed by atoms with E-state index in [1.807, 2.05) is 37.3 Å². The lowest BCUT2D eigenvalue weighted by Gasteiger charge is -2.21. The SMILES string of the molecule is CCNC(=NCC1CCCN1CC)NCCS(=O)(=O)NCc1ccccc1. The maximum absolute atomic E-state index is 12.2. The third kappa shape index (κ3) is 7.86. The van der Waals surface area contributed by atoms with E-state index in [2.05, 4.69) is 32.2 Å². The maximum atomic E-state index is 12.2. The quantitative estimate of drug-likeness (QED) is 0.409. The van der Waals surface area contributed by atoms with Gasteiger partial charge >= 0.3 is 0 Å². The Morgan fingerprint density at radius 3 is 2.70 bits per heavy atom. The van der Waals surface area contributed by atoms with Crippen molar-refractivity contribution in [3.05, 3.63) is 35.9 Å². The Morgan fingerprint density at radius 1 is 1.22 bits per heavy atom. The van der Waals surface area contributed by atoms with Crippen molar-refractivity contribution in [3.8, 4) is 0 Å². The van der Waals surface area contributed by atoms with Gasteiger partial charge in [0, 0.05) is 25.7 Å². The van der Waals surface area contributed by atoms with E-state index >= 15 is 0 Å². The van der Waals surface area contributed by atoms with Crippen molar-refractivity contribution in [2.24, 2.45) is 4.99 Å². The number of likely N-dealkylation sites (tertiary alicyclic amines) is 1. The van der Waals surface area contributed by atoms with Crippen LogP contribution in [0, 0.1) is 0 Å². The largest absolute Gasteiger partial charge is 0.357 e. The van der Waals surface area contributed by atoms with Crippen LogP contribution in [0.15, 0.2) is 35.3 Å². The van der Waals surface area contributed by atoms with Crippen molar-refractivity contribution in [1.29, 1.82) is 0 Å². The molecule has 2 rings (SSSR count). The van der Waals surface area contributed by atoms with Crippen molar-refractivity contribution in [2.45, 2.75) is 39.3 Å². The molecule has 1 aromatic rings. The van der Waals surface area contributed by atoms with Crippen LogP contribution in [-0.4, -0.2) is 63.8 Å². The summed E-state index contributed by atoms with van der Waals surface area (Å²) in [5.74, 6) is 0.688. The van der Waals surface area contributed by atoms with Gasteiger partial charge in [0.1, 0.15) is 0 Å². The lowest BCUT2D eigenvalue weighted by atomic mass is 10.2. The molecule has 0 aromatic heterocycles. The van der Waals surface area contributed by atoms with Gasteiger partial charge in [-0.15, -0.1) is 0 Å². The molecule has 7 nitrogen and oxygen atoms in total. The molecule has 0 spiro atoms. The van der Waals surface area contributed by atoms with Gasteiger partial charge in [-0.3, -0.25) is 9.89 Å². The third-order valence-corrected chi connectivity index (χ3v) is 6.04. The van der Waals surface area contributed by atoms with Crippen LogP contribution in [0.1, 0.15) is 32.3 Å². The predicted molar refractivity (Wildman–Crippen MR) is 111 cm³/mol. The highest BCUT2D eigenvalue weighted by Crippen LogP contribution is 2.16. The summed E-state index contributed by atoms with van der Waals surface area (Å²) in [5, 5.41) is 6.32. The Hall–Kier alpha value is -1.64. The molecule has 1 saturated heterocycles. The zero-order valence-corrected chi connectivity index (χ0v) is 17.3. The minimum Gasteiger partial charge on any atom is -0.357 e. The smallest absolute Gasteiger partial charge is 0.213 e. The summed E-state index contributed by atoms with van der Waals surface area (Å²) in [5.41, 5.74) is 0.945. The van der Waals surface area contributed by atoms with Crippen molar-refractivity contribution < 1.29 is 8.42 Å². The van der Waals surface area contributed by atoms with Gasteiger partial charge in [-0.2, -0.15) is 0 Å². The zero-order valence-electron chi connectivity index (χ0n) is 16.4. The Kier molecular flexibility index (Phi) is 9.03. The molecule has 1 fully saturated rings. The van der Waals surface area contributed by atoms with Gasteiger partial charge in [0.2, 0.25) is 10.0 Å². The number of benzene rings is 1. The van der Waals surface area contributed by atoms with E-state index < -0.39 is 10.0 Å². The Morgan fingerprint density at radius 2 is 2.00 bits per heavy atom. The molecular weight excluding hydrogens is 362 g/mol. The number of rotatable bonds is 10. The Bertz CT molecular complexity index is 679. The van der Waals surface area contributed by atoms with Crippen LogP contribution < -0.4 is 15.4 Å². The summed E-state index contributed by atoms with van der Waals surface area (Å²) in [6.07, 6.45) is 2.40. The first-order chi connectivity index (χ1) is 13.0. The number of nitrogens with zero attached hydrogens (tertiary/aromatic N) is 2. The second-order valence-electron chi connectivity index (χ2n) is 6.70. The summed E-state index contributed by atoms with van der Waals surface area (Å²) in [7, 11) is -3.34. The lowest BCUT2D eigenvalue weighted by Crippen LogP contribution is -2.42. The van der Waals surface area contributed by atoms with Crippen LogP contribution in [0.5, 0.6) is 0 Å². The molecule has 3 N–H and O–H groups in total. The number of hydrogen-bond acceptors (Lipinski definition) is 4. The average Bonchev–Trinajstić information content (AvgIpc) is 3.13. The molecule has 1 aliphatic rings. The van der Waals surface area contributed by atoms with E-state index in [9.17, 15) is 8.42 Å². The molecule has 1 unspecified atom stereocenters. The molecule has 1 aromatic carbocycles. The number of aliphatic imine (C=N–C) groups is 1. The standard InChI is InChI=1S/C19H33N5O2S/c1-3-20-19(22-16-18-11-8-13-24(18)4-2)21-12-14-27(25,26)23-15-17-9-6-5-7-10-17/h5-7,9-10,18,23H,3-4,8,11-16H2,1-2H3,(H2,20,21,22). The molecule has 0 aliphatic carbocycles. The van der Waals surface area contributed by atoms with E-state index in [1.165, 1.54) is 12.8 Å². The van der Waals surface area contributed by atoms with Gasteiger partial charge in [0.05, 0.1) is 12.3 Å². The normalized spacial score (nSPS) is 18.6. The third-order valence-electron chi connectivity index (χ3n) is 4.71. The molecule has 8 heteroatoms. The molecule has 1 heterocycles. The highest BCUT2D eigenvalue weighted by molar-refractivity contribution is 7.89. The lowest BCUT2D eigenvalue weighted by molar-refractivity contribution is 0.273. The minimum atomic E-state index is -3.34. The van der Waals surface area contributed by atoms with Crippen molar-refractivity contribution in [2.75, 3.05) is 38.5 Å². The fraction of sp³-hybridized carbons (Fsp3) is 0.632. The highest BCUT2D eigenvalue weighted by Gasteiger charge is 2.22. The molecule has 1 atom stereocenters. The predicted octanol–water partition coefficient (Wildman–Crippen LogP) is 1.15. The van der Waals surface area contributed by atoms with Gasteiger partial charge in [-0.1, -0.05) is 37.3 Å². The fourth-order valence-corrected chi connectivity index (χ4v) is 4.12. The van der Waals surface area contributed by atoms with E-state index in [4.69, 9.17) is 0 Å². The van der Waals surface area contributed by atoms with Crippen LogP contribution in [0.3, 0.4) is 0 Å². The average molecular weight is 396 g/mol. The van der Waals surface area contributed by atoms with E-state index in [-0.39, 0.29) is 5.75 Å². The van der Waals surface area contributed by atoms with E-state index in [0.717, 1.165) is 31.7 Å². The Labute approximate surface area is 163 Å². The summed E-state index contributed by atoms with van der Waals surface area (Å²) in [6, 6.07) is 10.00. The van der Waals surface area contributed by atoms with Gasteiger partial charge in [-0.05, 0) is 38.4 Å². The zero-order chi connectivity index (χ0) is 19.5. The molecule has 27 heavy (non-hydrogen) atoms. The number of guanidine groups is 1. The van der Waals surface area contributed by atoms with E-state index in [0.29, 0.717) is 25.1 Å². The summed E-state index contributed by atoms with van der Waals surface area (Å²) in [4.78, 5) is 7.09. The molecule has 0 saturated carbocycles. The molecule has 152 valence electrons. The molecule has 0 bridgehead atoms. The van der Waals surface area contributed by atoms with Gasteiger partial charge in [-0.25, -0.2) is 13.1 Å². The van der Waals surface area contributed by atoms with Crippen LogP contribution in [-0.2, 0) is 16.6 Å². The topological polar surface area (TPSA) is 85.8 Å². The van der Waals surface area contributed by atoms with Crippen molar-refractivity contribution >= 4 is 16.0 Å². The van der Waals surface area contributed by atoms with Gasteiger partial charge in [0.15, 0.2) is 5.96 Å². The second-order valence-corrected chi connectivity index (χ2v) is 8.62. The number of sulfonamides is 1. The first-order valence-corrected chi connectivity index (χ1v) is 11.5. The molecule has 0 amide bonds. The van der Waals surface area contributed by atoms with E-state index in [1.54, 1.807) is 0 Å². The second kappa shape index (κ2) is 11.3. The summed E-state index contributed by atoms with van der Waals surface area (Å²) >= 11 is 0. The Balaban J connectivity index is 1.78. The van der Waals surface area contributed by atoms with Crippen molar-refractivity contribution in [1.82, 2.24) is 20.3 Å². The van der Waals surface area contributed by atoms with Crippen LogP contribution >= 0.6 is 0 Å². The highest BCUT2D eigenvalue weighted by atomic mass is 32.2. The summed E-state index contributed by atoms with van der Waals surface area (Å²) in [6.45, 7) is 8.49. The minimum absolute atomic E-state index is 0.00869. The number of likely N-dealkylation sites (N-methyl/N-ethyl adjacent to an activating group) is 1. The first-order valence-electron chi connectivity index (χ1n) is 9.81. The molecule has 1 aliphatic heterocycles. The first kappa shape index (κ1) is 21.7. The van der Waals surface area contributed by atoms with Gasteiger partial charge in [0.25, 0.3) is 0 Å².